The highest BCUT2D eigenvalue weighted by atomic mass is 16.6. The van der Waals surface area contributed by atoms with Crippen LogP contribution in [0.25, 0.3) is 10.9 Å². The van der Waals surface area contributed by atoms with Crippen LogP contribution in [0.2, 0.25) is 0 Å². The van der Waals surface area contributed by atoms with Crippen molar-refractivity contribution in [3.05, 3.63) is 65.5 Å². The molecule has 15 nitrogen and oxygen atoms in total. The lowest BCUT2D eigenvalue weighted by Crippen LogP contribution is -2.36. The van der Waals surface area contributed by atoms with Gasteiger partial charge in [0.15, 0.2) is 11.5 Å². The van der Waals surface area contributed by atoms with Crippen LogP contribution in [-0.2, 0) is 17.6 Å². The molecule has 0 spiro atoms. The van der Waals surface area contributed by atoms with Crippen molar-refractivity contribution in [3.63, 3.8) is 0 Å². The second kappa shape index (κ2) is 12.4. The lowest BCUT2D eigenvalue weighted by molar-refractivity contribution is -0.136. The van der Waals surface area contributed by atoms with Gasteiger partial charge in [0.25, 0.3) is 0 Å². The van der Waals surface area contributed by atoms with Gasteiger partial charge < -0.3 is 45.9 Å². The van der Waals surface area contributed by atoms with E-state index in [1.165, 1.54) is 21.3 Å². The molecule has 1 atom stereocenters. The molecule has 0 radical (unpaired) electrons. The van der Waals surface area contributed by atoms with E-state index in [9.17, 15) is 4.79 Å². The largest absolute Gasteiger partial charge is 0.493 e. The van der Waals surface area contributed by atoms with E-state index in [4.69, 9.17) is 40.9 Å². The Kier molecular flexibility index (Phi) is 8.34. The highest BCUT2D eigenvalue weighted by molar-refractivity contribution is 5.85. The Morgan fingerprint density at radius 2 is 1.60 bits per heavy atom. The Hall–Kier alpha value is -5.70. The third kappa shape index (κ3) is 6.46. The third-order valence-electron chi connectivity index (χ3n) is 6.39. The van der Waals surface area contributed by atoms with Gasteiger partial charge in [-0.1, -0.05) is 18.2 Å². The summed E-state index contributed by atoms with van der Waals surface area (Å²) >= 11 is 0. The normalized spacial score (nSPS) is 11.6. The first-order valence-electron chi connectivity index (χ1n) is 12.9. The molecule has 222 valence electrons. The number of benzene rings is 2. The summed E-state index contributed by atoms with van der Waals surface area (Å²) in [5.41, 5.74) is 21.0. The Bertz CT molecular complexity index is 1750. The van der Waals surface area contributed by atoms with Crippen LogP contribution in [0.4, 0.5) is 11.8 Å². The molecule has 15 heteroatoms. The number of H-pyrrole nitrogens is 1. The maximum absolute atomic E-state index is 12.9. The monoisotopic (exact) mass is 587 g/mol. The summed E-state index contributed by atoms with van der Waals surface area (Å²) in [6.45, 7) is 0. The van der Waals surface area contributed by atoms with Gasteiger partial charge in [0.05, 0.1) is 21.3 Å². The molecule has 5 rings (SSSR count). The molecule has 0 aliphatic carbocycles. The van der Waals surface area contributed by atoms with Crippen molar-refractivity contribution in [1.82, 2.24) is 29.9 Å². The van der Waals surface area contributed by atoms with Crippen LogP contribution in [-0.4, -0.2) is 63.2 Å². The summed E-state index contributed by atoms with van der Waals surface area (Å²) in [5.74, 6) is 0.318. The van der Waals surface area contributed by atoms with E-state index in [0.29, 0.717) is 23.5 Å². The number of nitrogens with zero attached hydrogens (tertiary/aromatic N) is 5. The predicted octanol–water partition coefficient (Wildman–Crippen LogP) is 2.19. The van der Waals surface area contributed by atoms with Gasteiger partial charge >= 0.3 is 24.0 Å². The maximum Gasteiger partial charge on any atom is 0.333 e. The van der Waals surface area contributed by atoms with Crippen molar-refractivity contribution >= 4 is 28.6 Å². The number of hydrogen-bond donors (Lipinski definition) is 4. The van der Waals surface area contributed by atoms with Gasteiger partial charge in [-0.25, -0.2) is 9.78 Å². The minimum absolute atomic E-state index is 0.0780. The van der Waals surface area contributed by atoms with E-state index in [-0.39, 0.29) is 42.0 Å². The molecule has 3 aromatic heterocycles. The Labute approximate surface area is 245 Å². The van der Waals surface area contributed by atoms with Crippen molar-refractivity contribution in [3.8, 4) is 35.3 Å². The fourth-order valence-electron chi connectivity index (χ4n) is 4.31. The van der Waals surface area contributed by atoms with E-state index in [2.05, 4.69) is 29.9 Å². The molecule has 0 aliphatic heterocycles. The van der Waals surface area contributed by atoms with Crippen molar-refractivity contribution in [2.75, 3.05) is 32.8 Å². The number of anilines is 2. The van der Waals surface area contributed by atoms with Gasteiger partial charge in [0.1, 0.15) is 11.9 Å². The van der Waals surface area contributed by atoms with Crippen molar-refractivity contribution < 1.29 is 28.5 Å². The molecule has 0 bridgehead atoms. The van der Waals surface area contributed by atoms with Gasteiger partial charge in [-0.2, -0.15) is 4.98 Å². The Morgan fingerprint density at radius 3 is 2.30 bits per heavy atom. The first-order valence-corrected chi connectivity index (χ1v) is 12.9. The van der Waals surface area contributed by atoms with Crippen LogP contribution in [0, 0.1) is 0 Å². The molecule has 2 aromatic carbocycles. The SMILES string of the molecule is COc1nc(OC(=O)C(N)Cc2c[nH]c3ccccc23)nc(Oc2c(OC)cc(Cc3cnc(N)nc3N)cc2OC)n1. The topological polar surface area (TPSA) is 222 Å². The fraction of sp³-hybridized carbons (Fsp3) is 0.214. The third-order valence-corrected chi connectivity index (χ3v) is 6.39. The smallest absolute Gasteiger partial charge is 0.333 e. The minimum Gasteiger partial charge on any atom is -0.493 e. The average Bonchev–Trinajstić information content (AvgIpc) is 3.41. The number of nitrogens with one attached hydrogen (secondary N) is 1. The number of aromatic amines is 1. The number of aromatic nitrogens is 6. The quantitative estimate of drug-likeness (QED) is 0.163. The molecule has 0 aliphatic rings. The van der Waals surface area contributed by atoms with Crippen LogP contribution in [0.1, 0.15) is 16.7 Å². The number of esters is 1. The van der Waals surface area contributed by atoms with Crippen molar-refractivity contribution in [2.45, 2.75) is 18.9 Å². The van der Waals surface area contributed by atoms with Crippen LogP contribution < -0.4 is 40.9 Å². The van der Waals surface area contributed by atoms with Crippen molar-refractivity contribution in [2.24, 2.45) is 5.73 Å². The zero-order valence-electron chi connectivity index (χ0n) is 23.5. The number of ether oxygens (including phenoxy) is 5. The number of nitrogens with two attached hydrogens (primary N) is 3. The lowest BCUT2D eigenvalue weighted by atomic mass is 10.1. The van der Waals surface area contributed by atoms with Crippen LogP contribution in [0.15, 0.2) is 48.8 Å². The standard InChI is InChI=1S/C28H29N9O6/c1-39-20-9-14(8-16-13-33-25(31)34-23(16)30)10-21(40-2)22(20)42-27-35-26(41-3)36-28(37-27)43-24(38)18(29)11-15-12-32-19-7-5-4-6-17(15)19/h4-7,9-10,12-13,18,32H,8,11,29H2,1-3H3,(H4,30,31,33,34). The zero-order chi connectivity index (χ0) is 30.5. The molecule has 5 aromatic rings. The molecule has 0 amide bonds. The van der Waals surface area contributed by atoms with Crippen LogP contribution in [0.5, 0.6) is 35.3 Å². The zero-order valence-corrected chi connectivity index (χ0v) is 23.5. The van der Waals surface area contributed by atoms with Gasteiger partial charge in [-0.05, 0) is 29.3 Å². The second-order valence-corrected chi connectivity index (χ2v) is 9.23. The number of methoxy groups -OCH3 is 3. The first-order chi connectivity index (χ1) is 20.8. The molecule has 43 heavy (non-hydrogen) atoms. The summed E-state index contributed by atoms with van der Waals surface area (Å²) in [7, 11) is 4.26. The predicted molar refractivity (Wildman–Crippen MR) is 155 cm³/mol. The summed E-state index contributed by atoms with van der Waals surface area (Å²) in [6.07, 6.45) is 3.94. The molecule has 1 unspecified atom stereocenters. The number of carbonyl (C=O) groups is 1. The molecular weight excluding hydrogens is 558 g/mol. The van der Waals surface area contributed by atoms with Crippen molar-refractivity contribution in [1.29, 1.82) is 0 Å². The number of fused-ring (bicyclic) bond motifs is 1. The Balaban J connectivity index is 1.36. The fourth-order valence-corrected chi connectivity index (χ4v) is 4.31. The van der Waals surface area contributed by atoms with Gasteiger partial charge in [0, 0.05) is 41.7 Å². The molecule has 0 saturated heterocycles. The summed E-state index contributed by atoms with van der Waals surface area (Å²) in [5, 5.41) is 0.961. The highest BCUT2D eigenvalue weighted by Crippen LogP contribution is 2.41. The van der Waals surface area contributed by atoms with Crippen LogP contribution in [0.3, 0.4) is 0 Å². The summed E-state index contributed by atoms with van der Waals surface area (Å²) in [4.78, 5) is 36.2. The molecule has 0 saturated carbocycles. The van der Waals surface area contributed by atoms with E-state index in [1.807, 2.05) is 24.3 Å². The summed E-state index contributed by atoms with van der Waals surface area (Å²) in [6, 6.07) is 9.36. The second-order valence-electron chi connectivity index (χ2n) is 9.23. The number of hydrogen-bond acceptors (Lipinski definition) is 14. The lowest BCUT2D eigenvalue weighted by Gasteiger charge is -2.16. The average molecular weight is 588 g/mol. The summed E-state index contributed by atoms with van der Waals surface area (Å²) < 4.78 is 27.6. The minimum atomic E-state index is -1.00. The number of para-hydroxylation sites is 1. The molecule has 3 heterocycles. The first kappa shape index (κ1) is 28.8. The molecule has 7 N–H and O–H groups in total. The van der Waals surface area contributed by atoms with E-state index < -0.39 is 12.0 Å². The molecular formula is C28H29N9O6. The number of nitrogen functional groups attached to an aromatic ring is 2. The van der Waals surface area contributed by atoms with Crippen LogP contribution >= 0.6 is 0 Å². The molecule has 0 fully saturated rings. The van der Waals surface area contributed by atoms with Gasteiger partial charge in [-0.15, -0.1) is 15.0 Å². The van der Waals surface area contributed by atoms with Gasteiger partial charge in [-0.3, -0.25) is 0 Å². The maximum atomic E-state index is 12.9. The Morgan fingerprint density at radius 1 is 0.907 bits per heavy atom. The van der Waals surface area contributed by atoms with E-state index in [1.54, 1.807) is 24.5 Å². The highest BCUT2D eigenvalue weighted by Gasteiger charge is 2.23. The van der Waals surface area contributed by atoms with Gasteiger partial charge in [0.2, 0.25) is 11.7 Å². The number of rotatable bonds is 11. The van der Waals surface area contributed by atoms with E-state index >= 15 is 0 Å². The number of carbonyl (C=O) groups excluding carboxylic acids is 1. The van der Waals surface area contributed by atoms with E-state index in [0.717, 1.165) is 22.0 Å².